The van der Waals surface area contributed by atoms with Gasteiger partial charge < -0.3 is 5.11 Å². The summed E-state index contributed by atoms with van der Waals surface area (Å²) in [5, 5.41) is 14.7. The van der Waals surface area contributed by atoms with Gasteiger partial charge in [0.05, 0.1) is 11.4 Å². The van der Waals surface area contributed by atoms with Gasteiger partial charge in [0, 0.05) is 25.3 Å². The minimum absolute atomic E-state index is 0.270. The first-order valence-electron chi connectivity index (χ1n) is 7.81. The van der Waals surface area contributed by atoms with E-state index in [1.807, 2.05) is 37.3 Å². The van der Waals surface area contributed by atoms with E-state index in [2.05, 4.69) is 10.00 Å². The van der Waals surface area contributed by atoms with Gasteiger partial charge in [0.2, 0.25) is 0 Å². The van der Waals surface area contributed by atoms with E-state index < -0.39 is 0 Å². The first-order valence-corrected chi connectivity index (χ1v) is 8.19. The fourth-order valence-corrected chi connectivity index (χ4v) is 3.45. The number of piperidine rings is 1. The summed E-state index contributed by atoms with van der Waals surface area (Å²) in [6.07, 6.45) is 2.25. The molecule has 1 aliphatic heterocycles. The van der Waals surface area contributed by atoms with Crippen LogP contribution in [0.4, 0.5) is 0 Å². The van der Waals surface area contributed by atoms with Crippen LogP contribution in [0.1, 0.15) is 24.1 Å². The molecule has 0 bridgehead atoms. The van der Waals surface area contributed by atoms with E-state index in [0.717, 1.165) is 49.4 Å². The molecule has 2 aromatic rings. The lowest BCUT2D eigenvalue weighted by molar-refractivity contribution is 0.116. The Bertz CT molecular complexity index is 626. The second-order valence-corrected chi connectivity index (χ2v) is 6.39. The molecule has 118 valence electrons. The lowest BCUT2D eigenvalue weighted by atomic mass is 9.98. The molecular weight excluding hydrogens is 298 g/mol. The largest absolute Gasteiger partial charge is 0.396 e. The average Bonchev–Trinajstić information content (AvgIpc) is 2.84. The third-order valence-corrected chi connectivity index (χ3v) is 4.75. The number of aryl methyl sites for hydroxylation is 1. The number of aliphatic hydroxyl groups is 1. The van der Waals surface area contributed by atoms with Crippen molar-refractivity contribution in [3.05, 3.63) is 46.7 Å². The maximum Gasteiger partial charge on any atom is 0.137 e. The van der Waals surface area contributed by atoms with Crippen LogP contribution in [0.5, 0.6) is 0 Å². The summed E-state index contributed by atoms with van der Waals surface area (Å²) in [4.78, 5) is 2.37. The number of benzene rings is 1. The summed E-state index contributed by atoms with van der Waals surface area (Å²) < 4.78 is 1.81. The Morgan fingerprint density at radius 1 is 1.32 bits per heavy atom. The van der Waals surface area contributed by atoms with Gasteiger partial charge in [-0.05, 0) is 44.4 Å². The third kappa shape index (κ3) is 3.19. The molecule has 5 heteroatoms. The molecule has 1 atom stereocenters. The smallest absolute Gasteiger partial charge is 0.137 e. The predicted octanol–water partition coefficient (Wildman–Crippen LogP) is 3.04. The van der Waals surface area contributed by atoms with E-state index in [0.29, 0.717) is 11.1 Å². The lowest BCUT2D eigenvalue weighted by Gasteiger charge is -2.31. The van der Waals surface area contributed by atoms with Crippen molar-refractivity contribution < 1.29 is 5.11 Å². The number of hydrogen-bond acceptors (Lipinski definition) is 3. The molecule has 1 aromatic carbocycles. The van der Waals surface area contributed by atoms with Gasteiger partial charge in [0.1, 0.15) is 5.15 Å². The Morgan fingerprint density at radius 2 is 2.09 bits per heavy atom. The molecule has 0 radical (unpaired) electrons. The molecule has 0 spiro atoms. The number of likely N-dealkylation sites (tertiary alicyclic amines) is 1. The molecule has 1 saturated heterocycles. The minimum atomic E-state index is 0.270. The SMILES string of the molecule is Cc1nn(-c2ccccc2)c(Cl)c1CN1CCCC(CO)C1. The number of para-hydroxylation sites is 1. The second kappa shape index (κ2) is 6.82. The zero-order chi connectivity index (χ0) is 15.5. The molecule has 1 unspecified atom stereocenters. The van der Waals surface area contributed by atoms with Crippen LogP contribution in [0.25, 0.3) is 5.69 Å². The normalized spacial score (nSPS) is 19.5. The van der Waals surface area contributed by atoms with Gasteiger partial charge in [-0.15, -0.1) is 0 Å². The first kappa shape index (κ1) is 15.5. The van der Waals surface area contributed by atoms with Gasteiger partial charge >= 0.3 is 0 Å². The quantitative estimate of drug-likeness (QED) is 0.941. The van der Waals surface area contributed by atoms with Crippen LogP contribution in [0, 0.1) is 12.8 Å². The van der Waals surface area contributed by atoms with E-state index in [1.165, 1.54) is 0 Å². The number of hydrogen-bond donors (Lipinski definition) is 1. The van der Waals surface area contributed by atoms with Crippen LogP contribution in [-0.2, 0) is 6.54 Å². The standard InChI is InChI=1S/C17H22ClN3O/c1-13-16(11-20-9-5-6-14(10-20)12-22)17(18)21(19-13)15-7-3-2-4-8-15/h2-4,7-8,14,22H,5-6,9-12H2,1H3. The van der Waals surface area contributed by atoms with Crippen LogP contribution in [0.15, 0.2) is 30.3 Å². The van der Waals surface area contributed by atoms with Crippen LogP contribution in [-0.4, -0.2) is 39.5 Å². The zero-order valence-electron chi connectivity index (χ0n) is 12.9. The maximum absolute atomic E-state index is 9.37. The Kier molecular flexibility index (Phi) is 4.81. The van der Waals surface area contributed by atoms with Crippen molar-refractivity contribution in [3.8, 4) is 5.69 Å². The van der Waals surface area contributed by atoms with Crippen molar-refractivity contribution >= 4 is 11.6 Å². The Morgan fingerprint density at radius 3 is 2.82 bits per heavy atom. The maximum atomic E-state index is 9.37. The lowest BCUT2D eigenvalue weighted by Crippen LogP contribution is -2.36. The fourth-order valence-electron chi connectivity index (χ4n) is 3.12. The van der Waals surface area contributed by atoms with E-state index >= 15 is 0 Å². The molecule has 1 aromatic heterocycles. The summed E-state index contributed by atoms with van der Waals surface area (Å²) in [6.45, 7) is 5.07. The monoisotopic (exact) mass is 319 g/mol. The molecule has 2 heterocycles. The molecule has 4 nitrogen and oxygen atoms in total. The molecule has 1 N–H and O–H groups in total. The van der Waals surface area contributed by atoms with Crippen molar-refractivity contribution in [1.82, 2.24) is 14.7 Å². The summed E-state index contributed by atoms with van der Waals surface area (Å²) in [5.41, 5.74) is 3.04. The van der Waals surface area contributed by atoms with E-state index in [-0.39, 0.29) is 6.61 Å². The topological polar surface area (TPSA) is 41.3 Å². The molecule has 22 heavy (non-hydrogen) atoms. The van der Waals surface area contributed by atoms with Crippen LogP contribution in [0.2, 0.25) is 5.15 Å². The Hall–Kier alpha value is -1.36. The van der Waals surface area contributed by atoms with Crippen molar-refractivity contribution in [3.63, 3.8) is 0 Å². The van der Waals surface area contributed by atoms with Gasteiger partial charge in [0.25, 0.3) is 0 Å². The molecule has 1 aliphatic rings. The predicted molar refractivity (Wildman–Crippen MR) is 88.4 cm³/mol. The highest BCUT2D eigenvalue weighted by Gasteiger charge is 2.22. The van der Waals surface area contributed by atoms with Crippen molar-refractivity contribution in [2.24, 2.45) is 5.92 Å². The number of aromatic nitrogens is 2. The van der Waals surface area contributed by atoms with E-state index in [1.54, 1.807) is 4.68 Å². The molecule has 0 aliphatic carbocycles. The van der Waals surface area contributed by atoms with Gasteiger partial charge in [-0.1, -0.05) is 29.8 Å². The van der Waals surface area contributed by atoms with E-state index in [9.17, 15) is 5.11 Å². The Labute approximate surface area is 136 Å². The number of halogens is 1. The summed E-state index contributed by atoms with van der Waals surface area (Å²) in [7, 11) is 0. The van der Waals surface area contributed by atoms with Crippen LogP contribution in [0.3, 0.4) is 0 Å². The summed E-state index contributed by atoms with van der Waals surface area (Å²) in [6, 6.07) is 9.96. The summed E-state index contributed by atoms with van der Waals surface area (Å²) >= 11 is 6.58. The van der Waals surface area contributed by atoms with Gasteiger partial charge in [-0.2, -0.15) is 5.10 Å². The zero-order valence-corrected chi connectivity index (χ0v) is 13.6. The van der Waals surface area contributed by atoms with Gasteiger partial charge in [-0.25, -0.2) is 4.68 Å². The highest BCUT2D eigenvalue weighted by Crippen LogP contribution is 2.26. The number of rotatable bonds is 4. The van der Waals surface area contributed by atoms with E-state index in [4.69, 9.17) is 11.6 Å². The third-order valence-electron chi connectivity index (χ3n) is 4.37. The van der Waals surface area contributed by atoms with Crippen molar-refractivity contribution in [2.45, 2.75) is 26.3 Å². The minimum Gasteiger partial charge on any atom is -0.396 e. The summed E-state index contributed by atoms with van der Waals surface area (Å²) in [5.74, 6) is 0.386. The average molecular weight is 320 g/mol. The molecule has 0 saturated carbocycles. The number of aliphatic hydroxyl groups excluding tert-OH is 1. The fraction of sp³-hybridized carbons (Fsp3) is 0.471. The van der Waals surface area contributed by atoms with Gasteiger partial charge in [0.15, 0.2) is 0 Å². The molecular formula is C17H22ClN3O. The highest BCUT2D eigenvalue weighted by molar-refractivity contribution is 6.30. The van der Waals surface area contributed by atoms with Gasteiger partial charge in [-0.3, -0.25) is 4.90 Å². The van der Waals surface area contributed by atoms with Crippen LogP contribution >= 0.6 is 11.6 Å². The molecule has 1 fully saturated rings. The highest BCUT2D eigenvalue weighted by atomic mass is 35.5. The van der Waals surface area contributed by atoms with Crippen LogP contribution < -0.4 is 0 Å². The number of nitrogens with zero attached hydrogens (tertiary/aromatic N) is 3. The molecule has 0 amide bonds. The molecule has 3 rings (SSSR count). The first-order chi connectivity index (χ1) is 10.7. The van der Waals surface area contributed by atoms with Crippen molar-refractivity contribution in [2.75, 3.05) is 19.7 Å². The van der Waals surface area contributed by atoms with Crippen molar-refractivity contribution in [1.29, 1.82) is 0 Å². The second-order valence-electron chi connectivity index (χ2n) is 6.03. The Balaban J connectivity index is 1.81.